The van der Waals surface area contributed by atoms with Crippen molar-refractivity contribution < 1.29 is 38.0 Å². The second kappa shape index (κ2) is 10.2. The minimum atomic E-state index is -4.94. The summed E-state index contributed by atoms with van der Waals surface area (Å²) < 4.78 is 48.1. The van der Waals surface area contributed by atoms with Gasteiger partial charge < -0.3 is 14.1 Å². The highest BCUT2D eigenvalue weighted by Crippen LogP contribution is 2.35. The molecule has 1 aromatic carbocycles. The van der Waals surface area contributed by atoms with Crippen molar-refractivity contribution in [3.63, 3.8) is 0 Å². The van der Waals surface area contributed by atoms with E-state index in [-0.39, 0.29) is 6.61 Å². The standard InChI is InChI=1S/C22H24N3O2.ClHO4/c1-4-12-26-20-14-17(25-10-6-5-7-11-25)15-21-22(20)23-18-9-8-16(24(2)3)13-19(18)27-21;2-1(3,4)5/h1,8-9,13-15H,5-7,10-12H2,2-3H3;(H,2,3,4,5)/q+1;/p-1. The van der Waals surface area contributed by atoms with Gasteiger partial charge in [0, 0.05) is 37.0 Å². The molecule has 0 unspecified atom stereocenters. The maximum absolute atomic E-state index is 8.49. The van der Waals surface area contributed by atoms with Crippen LogP contribution in [0.25, 0.3) is 22.6 Å². The Labute approximate surface area is 187 Å². The summed E-state index contributed by atoms with van der Waals surface area (Å²) in [6.07, 6.45) is 9.10. The molecule has 0 aromatic heterocycles. The molecule has 9 nitrogen and oxygen atoms in total. The lowest BCUT2D eigenvalue weighted by Crippen LogP contribution is -2.68. The zero-order valence-corrected chi connectivity index (χ0v) is 18.6. The van der Waals surface area contributed by atoms with Crippen LogP contribution in [0.5, 0.6) is 5.75 Å². The molecule has 10 heteroatoms. The third-order valence-electron chi connectivity index (χ3n) is 4.97. The predicted molar refractivity (Wildman–Crippen MR) is 108 cm³/mol. The molecule has 1 saturated heterocycles. The van der Waals surface area contributed by atoms with Crippen molar-refractivity contribution in [1.82, 2.24) is 9.56 Å². The summed E-state index contributed by atoms with van der Waals surface area (Å²) in [5.74, 6) is 3.97. The quantitative estimate of drug-likeness (QED) is 0.253. The van der Waals surface area contributed by atoms with Crippen molar-refractivity contribution in [3.05, 3.63) is 35.7 Å². The summed E-state index contributed by atoms with van der Waals surface area (Å²) in [6.45, 7) is 2.30. The summed E-state index contributed by atoms with van der Waals surface area (Å²) in [4.78, 5) is 7.17. The first-order chi connectivity index (χ1) is 15.2. The van der Waals surface area contributed by atoms with E-state index < -0.39 is 10.2 Å². The van der Waals surface area contributed by atoms with Crippen molar-refractivity contribution in [2.45, 2.75) is 19.3 Å². The van der Waals surface area contributed by atoms with Crippen LogP contribution in [-0.2, 0) is 0 Å². The van der Waals surface area contributed by atoms with E-state index in [0.717, 1.165) is 35.6 Å². The Balaban J connectivity index is 0.000000523. The van der Waals surface area contributed by atoms with Crippen molar-refractivity contribution in [3.8, 4) is 29.5 Å². The van der Waals surface area contributed by atoms with E-state index in [0.29, 0.717) is 16.8 Å². The van der Waals surface area contributed by atoms with Crippen LogP contribution in [0.15, 0.2) is 34.7 Å². The molecule has 32 heavy (non-hydrogen) atoms. The monoisotopic (exact) mass is 461 g/mol. The number of terminal acetylenes is 1. The van der Waals surface area contributed by atoms with E-state index in [1.54, 1.807) is 0 Å². The molecule has 4 rings (SSSR count). The molecular formula is C22H24ClN3O6. The van der Waals surface area contributed by atoms with Gasteiger partial charge in [-0.05, 0) is 25.3 Å². The van der Waals surface area contributed by atoms with Gasteiger partial charge in [-0.25, -0.2) is 28.2 Å². The fourth-order valence-corrected chi connectivity index (χ4v) is 3.51. The van der Waals surface area contributed by atoms with Crippen molar-refractivity contribution in [2.24, 2.45) is 0 Å². The molecule has 0 spiro atoms. The second-order valence-electron chi connectivity index (χ2n) is 7.47. The van der Waals surface area contributed by atoms with Gasteiger partial charge in [0.25, 0.3) is 0 Å². The molecule has 2 heterocycles. The lowest BCUT2D eigenvalue weighted by molar-refractivity contribution is -2.00. The number of hydrogen-bond acceptors (Lipinski definition) is 8. The first-order valence-corrected chi connectivity index (χ1v) is 11.2. The number of piperidine rings is 1. The third kappa shape index (κ3) is 6.32. The molecule has 0 atom stereocenters. The summed E-state index contributed by atoms with van der Waals surface area (Å²) in [6, 6.07) is 10.1. The number of rotatable bonds is 3. The van der Waals surface area contributed by atoms with Crippen LogP contribution in [0, 0.1) is 22.6 Å². The minimum Gasteiger partial charge on any atom is -0.478 e. The number of halogens is 1. The van der Waals surface area contributed by atoms with Gasteiger partial charge in [0.15, 0.2) is 17.1 Å². The second-order valence-corrected chi connectivity index (χ2v) is 8.23. The Morgan fingerprint density at radius 3 is 2.44 bits per heavy atom. The van der Waals surface area contributed by atoms with E-state index in [1.165, 1.54) is 19.3 Å². The number of fused-ring (bicyclic) bond motifs is 2. The number of benzene rings is 2. The number of hydrogen-bond donors (Lipinski definition) is 0. The molecule has 1 aliphatic carbocycles. The summed E-state index contributed by atoms with van der Waals surface area (Å²) >= 11 is 0. The fraction of sp³-hybridized carbons (Fsp3) is 0.364. The molecule has 0 N–H and O–H groups in total. The summed E-state index contributed by atoms with van der Waals surface area (Å²) in [5.41, 5.74) is 3.32. The van der Waals surface area contributed by atoms with Gasteiger partial charge in [0.05, 0.1) is 6.07 Å². The lowest BCUT2D eigenvalue weighted by Gasteiger charge is -2.29. The SMILES string of the molecule is C#CCOc1cc(N2CCCCC2)cc2oc3cc(=[N+](C)C)ccc-3nc12.[O-][Cl+3]([O-])([O-])[O-]. The average Bonchev–Trinajstić information content (AvgIpc) is 2.75. The topological polar surface area (TPSA) is 134 Å². The van der Waals surface area contributed by atoms with Gasteiger partial charge in [-0.2, -0.15) is 0 Å². The van der Waals surface area contributed by atoms with E-state index in [4.69, 9.17) is 39.2 Å². The smallest absolute Gasteiger partial charge is 0.203 e. The highest BCUT2D eigenvalue weighted by atomic mass is 35.7. The van der Waals surface area contributed by atoms with Crippen molar-refractivity contribution in [2.75, 3.05) is 38.7 Å². The van der Waals surface area contributed by atoms with Gasteiger partial charge in [0.1, 0.15) is 31.9 Å². The molecule has 170 valence electrons. The maximum Gasteiger partial charge on any atom is 0.203 e. The molecule has 1 fully saturated rings. The molecule has 0 bridgehead atoms. The summed E-state index contributed by atoms with van der Waals surface area (Å²) in [5, 5.41) is 1.07. The van der Waals surface area contributed by atoms with Crippen molar-refractivity contribution >= 4 is 16.8 Å². The van der Waals surface area contributed by atoms with E-state index in [2.05, 4.69) is 16.9 Å². The zero-order valence-electron chi connectivity index (χ0n) is 17.9. The highest BCUT2D eigenvalue weighted by molar-refractivity contribution is 5.86. The molecular weight excluding hydrogens is 438 g/mol. The molecule has 1 aromatic rings. The minimum absolute atomic E-state index is 0.206. The molecule has 0 saturated carbocycles. The molecule has 3 aliphatic rings. The Morgan fingerprint density at radius 1 is 1.12 bits per heavy atom. The van der Waals surface area contributed by atoms with Crippen LogP contribution in [0.4, 0.5) is 5.69 Å². The Kier molecular flexibility index (Phi) is 7.56. The molecule has 0 radical (unpaired) electrons. The summed E-state index contributed by atoms with van der Waals surface area (Å²) in [7, 11) is -0.925. The average molecular weight is 462 g/mol. The van der Waals surface area contributed by atoms with Gasteiger partial charge >= 0.3 is 0 Å². The lowest BCUT2D eigenvalue weighted by atomic mass is 10.1. The largest absolute Gasteiger partial charge is 0.478 e. The maximum atomic E-state index is 8.49. The third-order valence-corrected chi connectivity index (χ3v) is 4.97. The van der Waals surface area contributed by atoms with Crippen LogP contribution in [0.3, 0.4) is 0 Å². The Hall–Kier alpha value is -2.87. The highest BCUT2D eigenvalue weighted by Gasteiger charge is 2.18. The first-order valence-electron chi connectivity index (χ1n) is 9.97. The number of anilines is 1. The van der Waals surface area contributed by atoms with Crippen LogP contribution < -0.4 is 38.2 Å². The fourth-order valence-electron chi connectivity index (χ4n) is 3.51. The van der Waals surface area contributed by atoms with Gasteiger partial charge in [-0.15, -0.1) is 16.7 Å². The van der Waals surface area contributed by atoms with Gasteiger partial charge in [0.2, 0.25) is 5.36 Å². The number of aromatic nitrogens is 1. The van der Waals surface area contributed by atoms with E-state index >= 15 is 0 Å². The van der Waals surface area contributed by atoms with Crippen LogP contribution in [0.2, 0.25) is 0 Å². The van der Waals surface area contributed by atoms with E-state index in [1.807, 2.05) is 42.9 Å². The van der Waals surface area contributed by atoms with Gasteiger partial charge in [-0.1, -0.05) is 5.92 Å². The van der Waals surface area contributed by atoms with Crippen LogP contribution in [-0.4, -0.2) is 38.8 Å². The normalized spacial score (nSPS) is 14.0. The Morgan fingerprint density at radius 2 is 1.81 bits per heavy atom. The zero-order chi connectivity index (χ0) is 23.3. The number of nitrogens with zero attached hydrogens (tertiary/aromatic N) is 3. The number of ether oxygens (including phenoxy) is 1. The van der Waals surface area contributed by atoms with Crippen LogP contribution >= 0.6 is 0 Å². The van der Waals surface area contributed by atoms with Crippen molar-refractivity contribution in [1.29, 1.82) is 0 Å². The van der Waals surface area contributed by atoms with E-state index in [9.17, 15) is 0 Å². The first kappa shape index (κ1) is 23.8. The molecule has 2 aliphatic heterocycles. The van der Waals surface area contributed by atoms with Crippen LogP contribution in [0.1, 0.15) is 19.3 Å². The van der Waals surface area contributed by atoms with Gasteiger partial charge in [-0.3, -0.25) is 0 Å². The Bertz CT molecular complexity index is 1150. The predicted octanol–water partition coefficient (Wildman–Crippen LogP) is -1.79. The molecule has 0 amide bonds.